The Kier molecular flexibility index (Phi) is 2.34. The molecular formula is C12H11NO. The van der Waals surface area contributed by atoms with E-state index in [9.17, 15) is 0 Å². The maximum atomic E-state index is 9.00. The van der Waals surface area contributed by atoms with Gasteiger partial charge in [-0.25, -0.2) is 4.99 Å². The number of hydrogen-bond donors (Lipinski definition) is 1. The van der Waals surface area contributed by atoms with Gasteiger partial charge in [-0.05, 0) is 24.5 Å². The zero-order valence-corrected chi connectivity index (χ0v) is 7.99. The van der Waals surface area contributed by atoms with Gasteiger partial charge in [-0.2, -0.15) is 0 Å². The van der Waals surface area contributed by atoms with E-state index in [0.717, 1.165) is 17.8 Å². The van der Waals surface area contributed by atoms with Gasteiger partial charge in [-0.1, -0.05) is 24.1 Å². The van der Waals surface area contributed by atoms with Crippen LogP contribution < -0.4 is 0 Å². The van der Waals surface area contributed by atoms with Gasteiger partial charge < -0.3 is 5.11 Å². The summed E-state index contributed by atoms with van der Waals surface area (Å²) in [6.45, 7) is 1.65. The van der Waals surface area contributed by atoms with Crippen LogP contribution in [-0.4, -0.2) is 16.9 Å². The lowest BCUT2D eigenvalue weighted by Crippen LogP contribution is -1.97. The standard InChI is InChI=1S/C12H11NO/c1-9(14)6-7-11-8-10-4-2-3-5-12(10)13-11/h2-5,9,14H,8H2,1H3/t9-/m1/s1. The molecule has 1 atom stereocenters. The van der Waals surface area contributed by atoms with Crippen molar-refractivity contribution in [2.45, 2.75) is 19.4 Å². The normalized spacial score (nSPS) is 15.1. The minimum absolute atomic E-state index is 0.582. The van der Waals surface area contributed by atoms with Gasteiger partial charge in [-0.3, -0.25) is 0 Å². The third-order valence-electron chi connectivity index (χ3n) is 2.03. The zero-order chi connectivity index (χ0) is 9.97. The summed E-state index contributed by atoms with van der Waals surface area (Å²) in [4.78, 5) is 4.36. The van der Waals surface area contributed by atoms with Crippen molar-refractivity contribution in [3.05, 3.63) is 29.8 Å². The number of fused-ring (bicyclic) bond motifs is 1. The van der Waals surface area contributed by atoms with Crippen LogP contribution in [0.15, 0.2) is 29.3 Å². The molecule has 0 bridgehead atoms. The van der Waals surface area contributed by atoms with E-state index in [2.05, 4.69) is 22.9 Å². The number of para-hydroxylation sites is 1. The smallest absolute Gasteiger partial charge is 0.112 e. The molecule has 1 heterocycles. The number of rotatable bonds is 0. The van der Waals surface area contributed by atoms with Crippen molar-refractivity contribution in [1.29, 1.82) is 0 Å². The molecule has 2 heteroatoms. The largest absolute Gasteiger partial charge is 0.381 e. The molecular weight excluding hydrogens is 174 g/mol. The molecule has 0 saturated heterocycles. The van der Waals surface area contributed by atoms with E-state index in [1.807, 2.05) is 18.2 Å². The topological polar surface area (TPSA) is 32.6 Å². The molecule has 2 nitrogen and oxygen atoms in total. The number of aliphatic imine (C=N–C) groups is 1. The number of aliphatic hydroxyl groups is 1. The predicted octanol–water partition coefficient (Wildman–Crippen LogP) is 1.70. The Morgan fingerprint density at radius 3 is 2.93 bits per heavy atom. The van der Waals surface area contributed by atoms with Crippen molar-refractivity contribution in [2.75, 3.05) is 0 Å². The van der Waals surface area contributed by atoms with Gasteiger partial charge in [0.05, 0.1) is 11.4 Å². The molecule has 1 aliphatic rings. The summed E-state index contributed by atoms with van der Waals surface area (Å²) in [7, 11) is 0. The van der Waals surface area contributed by atoms with E-state index in [1.165, 1.54) is 5.56 Å². The SMILES string of the molecule is C[C@@H](O)C#CC1=Nc2ccccc2C1. The van der Waals surface area contributed by atoms with Crippen molar-refractivity contribution in [3.8, 4) is 11.8 Å². The van der Waals surface area contributed by atoms with Crippen LogP contribution in [0.25, 0.3) is 0 Å². The molecule has 0 amide bonds. The van der Waals surface area contributed by atoms with Crippen LogP contribution in [0.2, 0.25) is 0 Å². The summed E-state index contributed by atoms with van der Waals surface area (Å²) in [6, 6.07) is 8.00. The number of nitrogens with zero attached hydrogens (tertiary/aromatic N) is 1. The first-order valence-electron chi connectivity index (χ1n) is 4.61. The Hall–Kier alpha value is -1.59. The molecule has 0 spiro atoms. The molecule has 0 radical (unpaired) electrons. The summed E-state index contributed by atoms with van der Waals surface area (Å²) in [6.07, 6.45) is 0.206. The highest BCUT2D eigenvalue weighted by atomic mass is 16.3. The van der Waals surface area contributed by atoms with Crippen LogP contribution in [-0.2, 0) is 6.42 Å². The maximum absolute atomic E-state index is 9.00. The molecule has 1 aromatic rings. The van der Waals surface area contributed by atoms with E-state index in [4.69, 9.17) is 5.11 Å². The summed E-state index contributed by atoms with van der Waals surface area (Å²) >= 11 is 0. The quantitative estimate of drug-likeness (QED) is 0.613. The minimum Gasteiger partial charge on any atom is -0.381 e. The monoisotopic (exact) mass is 185 g/mol. The van der Waals surface area contributed by atoms with Crippen molar-refractivity contribution >= 4 is 11.4 Å². The molecule has 0 unspecified atom stereocenters. The first-order chi connectivity index (χ1) is 6.75. The first kappa shape index (κ1) is 8.98. The van der Waals surface area contributed by atoms with Gasteiger partial charge in [0.15, 0.2) is 0 Å². The fourth-order valence-electron chi connectivity index (χ4n) is 1.39. The number of hydrogen-bond acceptors (Lipinski definition) is 2. The lowest BCUT2D eigenvalue weighted by molar-refractivity contribution is 0.253. The Morgan fingerprint density at radius 2 is 2.21 bits per heavy atom. The van der Waals surface area contributed by atoms with E-state index in [0.29, 0.717) is 0 Å². The Labute approximate surface area is 83.3 Å². The van der Waals surface area contributed by atoms with Gasteiger partial charge in [0.1, 0.15) is 6.10 Å². The third-order valence-corrected chi connectivity index (χ3v) is 2.03. The van der Waals surface area contributed by atoms with Gasteiger partial charge >= 0.3 is 0 Å². The van der Waals surface area contributed by atoms with Crippen LogP contribution in [0.1, 0.15) is 12.5 Å². The second kappa shape index (κ2) is 3.65. The van der Waals surface area contributed by atoms with Crippen LogP contribution in [0, 0.1) is 11.8 Å². The minimum atomic E-state index is -0.582. The molecule has 14 heavy (non-hydrogen) atoms. The van der Waals surface area contributed by atoms with Crippen molar-refractivity contribution in [1.82, 2.24) is 0 Å². The van der Waals surface area contributed by atoms with Crippen LogP contribution in [0.4, 0.5) is 5.69 Å². The lowest BCUT2D eigenvalue weighted by Gasteiger charge is -1.91. The van der Waals surface area contributed by atoms with E-state index >= 15 is 0 Å². The Bertz CT molecular complexity index is 435. The van der Waals surface area contributed by atoms with Crippen LogP contribution >= 0.6 is 0 Å². The second-order valence-corrected chi connectivity index (χ2v) is 3.31. The molecule has 0 fully saturated rings. The van der Waals surface area contributed by atoms with E-state index in [-0.39, 0.29) is 0 Å². The van der Waals surface area contributed by atoms with Crippen molar-refractivity contribution in [3.63, 3.8) is 0 Å². The third kappa shape index (κ3) is 1.84. The molecule has 1 aliphatic heterocycles. The molecule has 0 saturated carbocycles. The molecule has 1 aromatic carbocycles. The molecule has 0 aromatic heterocycles. The zero-order valence-electron chi connectivity index (χ0n) is 7.99. The average molecular weight is 185 g/mol. The molecule has 70 valence electrons. The van der Waals surface area contributed by atoms with Gasteiger partial charge in [-0.15, -0.1) is 0 Å². The fraction of sp³-hybridized carbons (Fsp3) is 0.250. The highest BCUT2D eigenvalue weighted by Crippen LogP contribution is 2.25. The average Bonchev–Trinajstić information content (AvgIpc) is 2.57. The molecule has 0 aliphatic carbocycles. The van der Waals surface area contributed by atoms with Gasteiger partial charge in [0.2, 0.25) is 0 Å². The highest BCUT2D eigenvalue weighted by Gasteiger charge is 2.11. The maximum Gasteiger partial charge on any atom is 0.112 e. The van der Waals surface area contributed by atoms with Gasteiger partial charge in [0, 0.05) is 6.42 Å². The van der Waals surface area contributed by atoms with Gasteiger partial charge in [0.25, 0.3) is 0 Å². The molecule has 2 rings (SSSR count). The predicted molar refractivity (Wildman–Crippen MR) is 56.7 cm³/mol. The summed E-state index contributed by atoms with van der Waals surface area (Å²) < 4.78 is 0. The molecule has 1 N–H and O–H groups in total. The summed E-state index contributed by atoms with van der Waals surface area (Å²) in [5, 5.41) is 9.00. The van der Waals surface area contributed by atoms with Crippen LogP contribution in [0.5, 0.6) is 0 Å². The highest BCUT2D eigenvalue weighted by molar-refractivity contribution is 6.06. The summed E-state index contributed by atoms with van der Waals surface area (Å²) in [5.41, 5.74) is 3.05. The number of aliphatic hydroxyl groups excluding tert-OH is 1. The summed E-state index contributed by atoms with van der Waals surface area (Å²) in [5.74, 6) is 5.57. The Morgan fingerprint density at radius 1 is 1.43 bits per heavy atom. The second-order valence-electron chi connectivity index (χ2n) is 3.31. The van der Waals surface area contributed by atoms with Crippen molar-refractivity contribution in [2.24, 2.45) is 4.99 Å². The first-order valence-corrected chi connectivity index (χ1v) is 4.61. The Balaban J connectivity index is 2.21. The fourth-order valence-corrected chi connectivity index (χ4v) is 1.39. The lowest BCUT2D eigenvalue weighted by atomic mass is 10.1. The van der Waals surface area contributed by atoms with E-state index < -0.39 is 6.10 Å². The van der Waals surface area contributed by atoms with Crippen LogP contribution in [0.3, 0.4) is 0 Å². The number of benzene rings is 1. The van der Waals surface area contributed by atoms with Crippen molar-refractivity contribution < 1.29 is 5.11 Å². The van der Waals surface area contributed by atoms with E-state index in [1.54, 1.807) is 6.92 Å².